The topological polar surface area (TPSA) is 0 Å². The zero-order valence-electron chi connectivity index (χ0n) is 17.2. The summed E-state index contributed by atoms with van der Waals surface area (Å²) in [6.45, 7) is 2.32. The maximum atomic E-state index is 13.4. The second-order valence-corrected chi connectivity index (χ2v) is 9.98. The van der Waals surface area contributed by atoms with Crippen molar-refractivity contribution in [3.05, 3.63) is 35.1 Å². The number of rotatable bonds is 5. The van der Waals surface area contributed by atoms with E-state index in [1.54, 1.807) is 0 Å². The first-order valence-electron chi connectivity index (χ1n) is 11.7. The first kappa shape index (κ1) is 20.3. The summed E-state index contributed by atoms with van der Waals surface area (Å²) in [5, 5.41) is 0. The van der Waals surface area contributed by atoms with Crippen LogP contribution in [0.1, 0.15) is 83.1 Å². The zero-order valence-corrected chi connectivity index (χ0v) is 17.2. The summed E-state index contributed by atoms with van der Waals surface area (Å²) in [5.41, 5.74) is 0.594. The van der Waals surface area contributed by atoms with Crippen LogP contribution in [0.15, 0.2) is 12.1 Å². The van der Waals surface area contributed by atoms with Crippen LogP contribution in [-0.4, -0.2) is 0 Å². The molecule has 1 aromatic carbocycles. The molecular weight excluding hydrogens is 357 g/mol. The molecule has 28 heavy (non-hydrogen) atoms. The lowest BCUT2D eigenvalue weighted by Gasteiger charge is -2.51. The van der Waals surface area contributed by atoms with Crippen molar-refractivity contribution in [2.24, 2.45) is 35.5 Å². The molecule has 0 heterocycles. The Bertz CT molecular complexity index is 647. The highest BCUT2D eigenvalue weighted by atomic mass is 19.2. The first-order valence-corrected chi connectivity index (χ1v) is 11.7. The van der Waals surface area contributed by atoms with Gasteiger partial charge in [0, 0.05) is 0 Å². The van der Waals surface area contributed by atoms with E-state index in [-0.39, 0.29) is 0 Å². The maximum Gasteiger partial charge on any atom is 0.194 e. The molecule has 0 nitrogen and oxygen atoms in total. The van der Waals surface area contributed by atoms with Gasteiger partial charge in [-0.2, -0.15) is 0 Å². The monoisotopic (exact) mass is 392 g/mol. The first-order chi connectivity index (χ1) is 13.5. The third-order valence-corrected chi connectivity index (χ3v) is 8.34. The van der Waals surface area contributed by atoms with Gasteiger partial charge in [0.1, 0.15) is 0 Å². The fourth-order valence-electron chi connectivity index (χ4n) is 7.04. The van der Waals surface area contributed by atoms with Crippen LogP contribution in [-0.2, 0) is 6.42 Å². The van der Waals surface area contributed by atoms with E-state index in [0.29, 0.717) is 17.9 Å². The summed E-state index contributed by atoms with van der Waals surface area (Å²) in [5.74, 6) is 1.91. The highest BCUT2D eigenvalue weighted by Crippen LogP contribution is 2.54. The highest BCUT2D eigenvalue weighted by Gasteiger charge is 2.44. The van der Waals surface area contributed by atoms with Crippen LogP contribution in [0.3, 0.4) is 0 Å². The third kappa shape index (κ3) is 4.28. The third-order valence-electron chi connectivity index (χ3n) is 8.34. The van der Waals surface area contributed by atoms with E-state index in [4.69, 9.17) is 0 Å². The smallest absolute Gasteiger partial charge is 0.194 e. The minimum Gasteiger partial charge on any atom is -0.204 e. The molecule has 156 valence electrons. The molecule has 3 aliphatic rings. The maximum absolute atomic E-state index is 13.4. The average molecular weight is 393 g/mol. The molecule has 3 saturated carbocycles. The van der Waals surface area contributed by atoms with Crippen LogP contribution < -0.4 is 0 Å². The van der Waals surface area contributed by atoms with Crippen molar-refractivity contribution in [3.8, 4) is 0 Å². The van der Waals surface area contributed by atoms with Crippen molar-refractivity contribution in [2.75, 3.05) is 0 Å². The summed E-state index contributed by atoms with van der Waals surface area (Å²) < 4.78 is 40.0. The fraction of sp³-hybridized carbons (Fsp3) is 0.760. The normalized spacial score (nSPS) is 35.3. The molecule has 0 N–H and O–H groups in total. The van der Waals surface area contributed by atoms with Gasteiger partial charge in [-0.25, -0.2) is 13.2 Å². The molecule has 0 aromatic heterocycles. The lowest BCUT2D eigenvalue weighted by Crippen LogP contribution is -2.41. The van der Waals surface area contributed by atoms with Crippen molar-refractivity contribution in [1.29, 1.82) is 0 Å². The van der Waals surface area contributed by atoms with Crippen LogP contribution >= 0.6 is 0 Å². The summed E-state index contributed by atoms with van der Waals surface area (Å²) in [7, 11) is 0. The van der Waals surface area contributed by atoms with E-state index in [1.165, 1.54) is 76.3 Å². The molecule has 3 fully saturated rings. The van der Waals surface area contributed by atoms with Crippen molar-refractivity contribution < 1.29 is 13.2 Å². The minimum absolute atomic E-state index is 0.594. The Morgan fingerprint density at radius 1 is 0.750 bits per heavy atom. The van der Waals surface area contributed by atoms with Crippen LogP contribution in [0.2, 0.25) is 0 Å². The summed E-state index contributed by atoms with van der Waals surface area (Å²) in [4.78, 5) is 0. The van der Waals surface area contributed by atoms with Gasteiger partial charge >= 0.3 is 0 Å². The van der Waals surface area contributed by atoms with E-state index in [2.05, 4.69) is 6.92 Å². The standard InChI is InChI=1S/C25H35F3/c1-2-3-16-6-10-21-19(12-16)8-9-20-13-17(7-11-22(20)21)4-5-18-14-23(26)25(28)24(27)15-18/h14-17,19-22H,2-13H2,1H3/t16-,17?,19-,20+,21+,22+/m1/s1. The lowest BCUT2D eigenvalue weighted by atomic mass is 9.55. The predicted octanol–water partition coefficient (Wildman–Crippen LogP) is 7.70. The molecule has 3 heteroatoms. The van der Waals surface area contributed by atoms with Crippen LogP contribution in [0.25, 0.3) is 0 Å². The van der Waals surface area contributed by atoms with Gasteiger partial charge < -0.3 is 0 Å². The number of hydrogen-bond acceptors (Lipinski definition) is 0. The molecule has 6 atom stereocenters. The Morgan fingerprint density at radius 3 is 1.82 bits per heavy atom. The molecule has 0 amide bonds. The molecule has 0 bridgehead atoms. The van der Waals surface area contributed by atoms with E-state index < -0.39 is 17.5 Å². The van der Waals surface area contributed by atoms with Crippen molar-refractivity contribution >= 4 is 0 Å². The average Bonchev–Trinajstić information content (AvgIpc) is 2.70. The van der Waals surface area contributed by atoms with Gasteiger partial charge in [0.15, 0.2) is 17.5 Å². The van der Waals surface area contributed by atoms with E-state index in [0.717, 1.165) is 36.0 Å². The number of benzene rings is 1. The van der Waals surface area contributed by atoms with E-state index >= 15 is 0 Å². The molecule has 1 unspecified atom stereocenters. The lowest BCUT2D eigenvalue weighted by molar-refractivity contribution is -0.00405. The number of hydrogen-bond donors (Lipinski definition) is 0. The van der Waals surface area contributed by atoms with Gasteiger partial charge in [0.2, 0.25) is 0 Å². The molecule has 4 rings (SSSR count). The minimum atomic E-state index is -1.35. The molecule has 0 radical (unpaired) electrons. The number of fused-ring (bicyclic) bond motifs is 3. The summed E-state index contributed by atoms with van der Waals surface area (Å²) in [6, 6.07) is 2.34. The molecule has 0 aliphatic heterocycles. The van der Waals surface area contributed by atoms with Gasteiger partial charge in [0.25, 0.3) is 0 Å². The Kier molecular flexibility index (Phi) is 6.37. The Balaban J connectivity index is 1.30. The van der Waals surface area contributed by atoms with Gasteiger partial charge in [-0.05, 0) is 105 Å². The Labute approximate surface area is 168 Å². The van der Waals surface area contributed by atoms with Gasteiger partial charge in [-0.15, -0.1) is 0 Å². The molecule has 0 saturated heterocycles. The van der Waals surface area contributed by atoms with Crippen LogP contribution in [0, 0.1) is 53.0 Å². The van der Waals surface area contributed by atoms with E-state index in [1.807, 2.05) is 0 Å². The highest BCUT2D eigenvalue weighted by molar-refractivity contribution is 5.19. The summed E-state index contributed by atoms with van der Waals surface area (Å²) >= 11 is 0. The van der Waals surface area contributed by atoms with Crippen molar-refractivity contribution in [3.63, 3.8) is 0 Å². The second kappa shape index (κ2) is 8.79. The van der Waals surface area contributed by atoms with Crippen molar-refractivity contribution in [2.45, 2.75) is 84.0 Å². The Hall–Kier alpha value is -0.990. The quantitative estimate of drug-likeness (QED) is 0.450. The SMILES string of the molecule is CCC[C@@H]1CC[C@H]2[C@H](CC[C@H]3CC(CCc4cc(F)c(F)c(F)c4)CC[C@@H]32)C1. The van der Waals surface area contributed by atoms with Gasteiger partial charge in [0.05, 0.1) is 0 Å². The number of aryl methyl sites for hydroxylation is 1. The predicted molar refractivity (Wildman–Crippen MR) is 107 cm³/mol. The Morgan fingerprint density at radius 2 is 1.29 bits per heavy atom. The fourth-order valence-corrected chi connectivity index (χ4v) is 7.04. The van der Waals surface area contributed by atoms with Crippen LogP contribution in [0.5, 0.6) is 0 Å². The zero-order chi connectivity index (χ0) is 19.7. The van der Waals surface area contributed by atoms with E-state index in [9.17, 15) is 13.2 Å². The largest absolute Gasteiger partial charge is 0.204 e. The van der Waals surface area contributed by atoms with Crippen molar-refractivity contribution in [1.82, 2.24) is 0 Å². The summed E-state index contributed by atoms with van der Waals surface area (Å²) in [6.07, 6.45) is 15.5. The molecule has 1 aromatic rings. The molecular formula is C25H35F3. The molecule has 0 spiro atoms. The van der Waals surface area contributed by atoms with Crippen LogP contribution in [0.4, 0.5) is 13.2 Å². The second-order valence-electron chi connectivity index (χ2n) is 9.98. The molecule has 3 aliphatic carbocycles. The van der Waals surface area contributed by atoms with Gasteiger partial charge in [-0.1, -0.05) is 32.6 Å². The number of halogens is 3. The van der Waals surface area contributed by atoms with Gasteiger partial charge in [-0.3, -0.25) is 0 Å².